The molecule has 3 heterocycles. The van der Waals surface area contributed by atoms with Gasteiger partial charge in [0.1, 0.15) is 11.3 Å². The van der Waals surface area contributed by atoms with Gasteiger partial charge in [-0.25, -0.2) is 0 Å². The number of aromatic amines is 1. The molecule has 1 fully saturated rings. The summed E-state index contributed by atoms with van der Waals surface area (Å²) in [6.07, 6.45) is 2.50. The Labute approximate surface area is 164 Å². The molecule has 0 bridgehead atoms. The third-order valence-electron chi connectivity index (χ3n) is 4.84. The fraction of sp³-hybridized carbons (Fsp3) is 0.190. The molecule has 7 heteroatoms. The predicted molar refractivity (Wildman–Crippen MR) is 109 cm³/mol. The van der Waals surface area contributed by atoms with Gasteiger partial charge in [-0.3, -0.25) is 14.7 Å². The average Bonchev–Trinajstić information content (AvgIpc) is 3.18. The van der Waals surface area contributed by atoms with Crippen molar-refractivity contribution in [2.75, 3.05) is 5.32 Å². The Hall–Kier alpha value is -3.19. The molecular weight excluding hydrogens is 374 g/mol. The molecule has 4 aromatic rings. The van der Waals surface area contributed by atoms with Crippen LogP contribution in [0.2, 0.25) is 0 Å². The van der Waals surface area contributed by atoms with Gasteiger partial charge in [0.15, 0.2) is 11.2 Å². The molecule has 3 aromatic heterocycles. The Morgan fingerprint density at radius 1 is 1.25 bits per heavy atom. The van der Waals surface area contributed by atoms with E-state index >= 15 is 0 Å². The number of hydrogen-bond donors (Lipinski definition) is 2. The first-order valence-electron chi connectivity index (χ1n) is 9.10. The third kappa shape index (κ3) is 3.36. The lowest BCUT2D eigenvalue weighted by atomic mass is 10.1. The summed E-state index contributed by atoms with van der Waals surface area (Å²) in [4.78, 5) is 24.9. The first-order valence-corrected chi connectivity index (χ1v) is 10.0. The molecule has 0 radical (unpaired) electrons. The van der Waals surface area contributed by atoms with Gasteiger partial charge in [0, 0.05) is 34.7 Å². The fourth-order valence-electron chi connectivity index (χ4n) is 3.24. The van der Waals surface area contributed by atoms with Gasteiger partial charge >= 0.3 is 0 Å². The minimum Gasteiger partial charge on any atom is -0.456 e. The number of hydrogen-bond acceptors (Lipinski definition) is 5. The van der Waals surface area contributed by atoms with Crippen LogP contribution in [0.1, 0.15) is 30.0 Å². The van der Waals surface area contributed by atoms with Crippen LogP contribution in [0.5, 0.6) is 0 Å². The lowest BCUT2D eigenvalue weighted by molar-refractivity contribution is -0.115. The first kappa shape index (κ1) is 16.9. The number of anilines is 1. The molecule has 0 spiro atoms. The van der Waals surface area contributed by atoms with E-state index in [2.05, 4.69) is 15.5 Å². The summed E-state index contributed by atoms with van der Waals surface area (Å²) in [7, 11) is 0. The summed E-state index contributed by atoms with van der Waals surface area (Å²) in [6.45, 7) is 0. The second-order valence-corrected chi connectivity index (χ2v) is 7.81. The Balaban J connectivity index is 1.35. The maximum atomic E-state index is 12.5. The van der Waals surface area contributed by atoms with Crippen molar-refractivity contribution in [1.82, 2.24) is 10.2 Å². The lowest BCUT2D eigenvalue weighted by Crippen LogP contribution is -2.15. The quantitative estimate of drug-likeness (QED) is 0.531. The molecule has 6 nitrogen and oxygen atoms in total. The third-order valence-corrected chi connectivity index (χ3v) is 5.53. The molecule has 28 heavy (non-hydrogen) atoms. The van der Waals surface area contributed by atoms with Crippen LogP contribution in [0.25, 0.3) is 22.3 Å². The van der Waals surface area contributed by atoms with E-state index < -0.39 is 0 Å². The molecule has 1 aromatic carbocycles. The molecule has 0 unspecified atom stereocenters. The Morgan fingerprint density at radius 3 is 2.93 bits per heavy atom. The summed E-state index contributed by atoms with van der Waals surface area (Å²) >= 11 is 1.55. The monoisotopic (exact) mass is 391 g/mol. The summed E-state index contributed by atoms with van der Waals surface area (Å²) in [6, 6.07) is 10.6. The summed E-state index contributed by atoms with van der Waals surface area (Å²) < 4.78 is 5.87. The SMILES string of the molecule is O=C(Cc1ccc2oc(-c3ccsc3)cc(=O)c2c1)Nc1cc(C2CC2)[nH]n1. The standard InChI is InChI=1S/C21H17N3O3S/c25-17-10-19(14-5-6-28-11-14)27-18-4-1-12(7-15(17)18)8-21(26)22-20-9-16(23-24-20)13-2-3-13/h1,4-7,9-11,13H,2-3,8H2,(H2,22,23,24,26). The number of aromatic nitrogens is 2. The minimum absolute atomic E-state index is 0.119. The molecule has 140 valence electrons. The molecule has 0 saturated heterocycles. The first-order chi connectivity index (χ1) is 13.7. The van der Waals surface area contributed by atoms with Gasteiger partial charge in [0.05, 0.1) is 11.8 Å². The minimum atomic E-state index is -0.174. The van der Waals surface area contributed by atoms with Gasteiger partial charge in [-0.1, -0.05) is 6.07 Å². The van der Waals surface area contributed by atoms with Gasteiger partial charge in [0.2, 0.25) is 5.91 Å². The highest BCUT2D eigenvalue weighted by atomic mass is 32.1. The second-order valence-electron chi connectivity index (χ2n) is 7.03. The molecule has 1 saturated carbocycles. The zero-order chi connectivity index (χ0) is 19.1. The number of carbonyl (C=O) groups is 1. The topological polar surface area (TPSA) is 88.0 Å². The second kappa shape index (κ2) is 6.76. The van der Waals surface area contributed by atoms with Crippen LogP contribution < -0.4 is 10.7 Å². The summed E-state index contributed by atoms with van der Waals surface area (Å²) in [5.74, 6) is 1.46. The van der Waals surface area contributed by atoms with E-state index in [0.29, 0.717) is 28.5 Å². The molecule has 2 N–H and O–H groups in total. The zero-order valence-corrected chi connectivity index (χ0v) is 15.7. The molecule has 0 atom stereocenters. The van der Waals surface area contributed by atoms with Gasteiger partial charge < -0.3 is 9.73 Å². The number of thiophene rings is 1. The van der Waals surface area contributed by atoms with Crippen molar-refractivity contribution in [3.8, 4) is 11.3 Å². The van der Waals surface area contributed by atoms with E-state index in [4.69, 9.17) is 4.42 Å². The molecule has 1 aliphatic carbocycles. The van der Waals surface area contributed by atoms with Gasteiger partial charge in [-0.15, -0.1) is 0 Å². The molecule has 1 aliphatic rings. The highest BCUT2D eigenvalue weighted by Crippen LogP contribution is 2.39. The van der Waals surface area contributed by atoms with Gasteiger partial charge in [-0.2, -0.15) is 16.4 Å². The highest BCUT2D eigenvalue weighted by Gasteiger charge is 2.25. The average molecular weight is 391 g/mol. The van der Waals surface area contributed by atoms with Crippen molar-refractivity contribution in [1.29, 1.82) is 0 Å². The van der Waals surface area contributed by atoms with Crippen LogP contribution in [0.15, 0.2) is 56.4 Å². The van der Waals surface area contributed by atoms with Crippen LogP contribution in [0.4, 0.5) is 5.82 Å². The number of H-pyrrole nitrogens is 1. The van der Waals surface area contributed by atoms with Crippen molar-refractivity contribution in [3.05, 3.63) is 68.6 Å². The fourth-order valence-corrected chi connectivity index (χ4v) is 3.88. The number of rotatable bonds is 5. The summed E-state index contributed by atoms with van der Waals surface area (Å²) in [5.41, 5.74) is 3.10. The Kier molecular flexibility index (Phi) is 4.09. The predicted octanol–water partition coefficient (Wildman–Crippen LogP) is 4.30. The van der Waals surface area contributed by atoms with Crippen LogP contribution in [0, 0.1) is 0 Å². The number of benzene rings is 1. The van der Waals surface area contributed by atoms with Gasteiger partial charge in [-0.05, 0) is 42.0 Å². The van der Waals surface area contributed by atoms with E-state index in [1.54, 1.807) is 23.5 Å². The number of amides is 1. The summed E-state index contributed by atoms with van der Waals surface area (Å²) in [5, 5.41) is 14.3. The number of carbonyl (C=O) groups excluding carboxylic acids is 1. The van der Waals surface area contributed by atoms with Crippen molar-refractivity contribution in [3.63, 3.8) is 0 Å². The van der Waals surface area contributed by atoms with Crippen molar-refractivity contribution < 1.29 is 9.21 Å². The Morgan fingerprint density at radius 2 is 2.14 bits per heavy atom. The molecule has 5 rings (SSSR count). The van der Waals surface area contributed by atoms with Crippen molar-refractivity contribution >= 4 is 34.0 Å². The smallest absolute Gasteiger partial charge is 0.229 e. The van der Waals surface area contributed by atoms with E-state index in [-0.39, 0.29) is 17.8 Å². The van der Waals surface area contributed by atoms with Crippen LogP contribution in [0.3, 0.4) is 0 Å². The van der Waals surface area contributed by atoms with Gasteiger partial charge in [0.25, 0.3) is 0 Å². The molecule has 0 aliphatic heterocycles. The van der Waals surface area contributed by atoms with Crippen LogP contribution in [-0.4, -0.2) is 16.1 Å². The molecular formula is C21H17N3O3S. The Bertz CT molecular complexity index is 1220. The zero-order valence-electron chi connectivity index (χ0n) is 14.9. The largest absolute Gasteiger partial charge is 0.456 e. The number of fused-ring (bicyclic) bond motifs is 1. The van der Waals surface area contributed by atoms with Crippen LogP contribution >= 0.6 is 11.3 Å². The van der Waals surface area contributed by atoms with E-state index in [0.717, 1.165) is 16.8 Å². The number of nitrogens with one attached hydrogen (secondary N) is 2. The van der Waals surface area contributed by atoms with Crippen molar-refractivity contribution in [2.45, 2.75) is 25.2 Å². The molecule has 1 amide bonds. The maximum absolute atomic E-state index is 12.5. The van der Waals surface area contributed by atoms with E-state index in [1.807, 2.05) is 29.0 Å². The normalized spacial score (nSPS) is 13.7. The van der Waals surface area contributed by atoms with E-state index in [1.165, 1.54) is 18.9 Å². The highest BCUT2D eigenvalue weighted by molar-refractivity contribution is 7.08. The van der Waals surface area contributed by atoms with Crippen LogP contribution in [-0.2, 0) is 11.2 Å². The van der Waals surface area contributed by atoms with Crippen molar-refractivity contribution in [2.24, 2.45) is 0 Å². The number of nitrogens with zero attached hydrogens (tertiary/aromatic N) is 1. The van der Waals surface area contributed by atoms with E-state index in [9.17, 15) is 9.59 Å². The lowest BCUT2D eigenvalue weighted by Gasteiger charge is -2.05. The maximum Gasteiger partial charge on any atom is 0.229 e.